The van der Waals surface area contributed by atoms with Gasteiger partial charge in [0.05, 0.1) is 47.8 Å². The van der Waals surface area contributed by atoms with Gasteiger partial charge in [-0.1, -0.05) is 12.1 Å². The number of rotatable bonds is 5. The number of nitrogens with two attached hydrogens (primary N) is 2. The number of nitrogens with zero attached hydrogens (tertiary/aromatic N) is 1. The molecule has 230 valence electrons. The number of hydrogen-bond acceptors (Lipinski definition) is 13. The Kier molecular flexibility index (Phi) is 7.89. The third-order valence-corrected chi connectivity index (χ3v) is 8.27. The molecule has 2 aromatic rings. The zero-order valence-electron chi connectivity index (χ0n) is 23.6. The highest BCUT2D eigenvalue weighted by Gasteiger charge is 2.49. The third kappa shape index (κ3) is 4.99. The highest BCUT2D eigenvalue weighted by molar-refractivity contribution is 6.31. The van der Waals surface area contributed by atoms with Crippen LogP contribution in [0.4, 0.5) is 4.79 Å². The van der Waals surface area contributed by atoms with E-state index in [0.29, 0.717) is 0 Å². The number of carbonyl (C=O) groups is 3. The van der Waals surface area contributed by atoms with Crippen LogP contribution < -0.4 is 27.2 Å². The van der Waals surface area contributed by atoms with E-state index >= 15 is 0 Å². The molecule has 2 amide bonds. The van der Waals surface area contributed by atoms with Crippen molar-refractivity contribution in [2.24, 2.45) is 16.7 Å². The molecule has 15 heteroatoms. The van der Waals surface area contributed by atoms with Gasteiger partial charge >= 0.3 is 6.03 Å². The van der Waals surface area contributed by atoms with E-state index in [-0.39, 0.29) is 53.0 Å². The maximum Gasteiger partial charge on any atom is 0.349 e. The van der Waals surface area contributed by atoms with Gasteiger partial charge < -0.3 is 40.4 Å². The number of fused-ring (bicyclic) bond motifs is 3. The summed E-state index contributed by atoms with van der Waals surface area (Å²) < 4.78 is 17.3. The highest BCUT2D eigenvalue weighted by Crippen LogP contribution is 2.52. The number of phenolic OH excluding ortho intramolecular Hbond substituents is 2. The number of urea groups is 1. The van der Waals surface area contributed by atoms with E-state index in [9.17, 15) is 34.8 Å². The van der Waals surface area contributed by atoms with Gasteiger partial charge in [0.1, 0.15) is 22.8 Å². The van der Waals surface area contributed by atoms with Crippen molar-refractivity contribution >= 4 is 23.3 Å². The molecule has 43 heavy (non-hydrogen) atoms. The number of phenols is 2. The van der Waals surface area contributed by atoms with Crippen LogP contribution in [0.1, 0.15) is 75.8 Å². The molecule has 15 nitrogen and oxygen atoms in total. The third-order valence-electron chi connectivity index (χ3n) is 8.27. The first kappa shape index (κ1) is 30.3. The van der Waals surface area contributed by atoms with Crippen LogP contribution in [0.3, 0.4) is 0 Å². The van der Waals surface area contributed by atoms with Crippen molar-refractivity contribution in [3.63, 3.8) is 0 Å². The second kappa shape index (κ2) is 11.2. The van der Waals surface area contributed by atoms with Crippen LogP contribution in [0.2, 0.25) is 0 Å². The lowest BCUT2D eigenvalue weighted by atomic mass is 9.72. The maximum absolute atomic E-state index is 13.8. The van der Waals surface area contributed by atoms with Crippen LogP contribution >= 0.6 is 0 Å². The van der Waals surface area contributed by atoms with Crippen LogP contribution in [0.5, 0.6) is 17.2 Å². The molecular weight excluding hydrogens is 566 g/mol. The van der Waals surface area contributed by atoms with Crippen LogP contribution in [-0.2, 0) is 15.9 Å². The molecule has 1 aliphatic heterocycles. The van der Waals surface area contributed by atoms with E-state index < -0.39 is 76.5 Å². The molecule has 0 radical (unpaired) electrons. The van der Waals surface area contributed by atoms with Crippen molar-refractivity contribution in [3.05, 3.63) is 51.6 Å². The zero-order chi connectivity index (χ0) is 31.4. The Balaban J connectivity index is 1.67. The number of methoxy groups -OCH3 is 1. The van der Waals surface area contributed by atoms with Gasteiger partial charge in [-0.3, -0.25) is 15.0 Å². The van der Waals surface area contributed by atoms with Crippen LogP contribution in [0.15, 0.2) is 23.3 Å². The first-order chi connectivity index (χ1) is 20.3. The Labute approximate surface area is 245 Å². The predicted molar refractivity (Wildman–Crippen MR) is 149 cm³/mol. The first-order valence-corrected chi connectivity index (χ1v) is 13.5. The average molecular weight is 600 g/mol. The summed E-state index contributed by atoms with van der Waals surface area (Å²) in [6.45, 7) is 3.02. The smallest absolute Gasteiger partial charge is 0.349 e. The molecule has 0 unspecified atom stereocenters. The molecule has 2 aliphatic carbocycles. The SMILES string of the molecule is COc1cccc2c1C(=O)c1c(O)c3c(c(O)c1C2=O)C[C@@](O)(/C(C)=N\NC(=O)NN)C[C@H]3O[C@H]1C[C@@H](N)[C@@H](O)[C@H](C)O1. The topological polar surface area (TPSA) is 248 Å². The minimum absolute atomic E-state index is 0.0190. The van der Waals surface area contributed by atoms with Crippen LogP contribution in [-0.4, -0.2) is 81.0 Å². The molecular formula is C28H33N5O10. The fourth-order valence-electron chi connectivity index (χ4n) is 5.94. The Morgan fingerprint density at radius 3 is 2.51 bits per heavy atom. The summed E-state index contributed by atoms with van der Waals surface area (Å²) in [6.07, 6.45) is -4.59. The van der Waals surface area contributed by atoms with Crippen molar-refractivity contribution in [2.75, 3.05) is 7.11 Å². The quantitative estimate of drug-likeness (QED) is 0.0634. The molecule has 10 N–H and O–H groups in total. The lowest BCUT2D eigenvalue weighted by molar-refractivity contribution is -0.245. The second-order valence-electron chi connectivity index (χ2n) is 10.9. The lowest BCUT2D eigenvalue weighted by Gasteiger charge is -2.42. The van der Waals surface area contributed by atoms with Gasteiger partial charge in [-0.15, -0.1) is 0 Å². The van der Waals surface area contributed by atoms with E-state index in [1.807, 2.05) is 5.43 Å². The van der Waals surface area contributed by atoms with E-state index in [1.54, 1.807) is 6.92 Å². The Hall–Kier alpha value is -4.12. The van der Waals surface area contributed by atoms with Crippen LogP contribution in [0, 0.1) is 0 Å². The molecule has 1 saturated heterocycles. The normalized spacial score (nSPS) is 28.4. The fourth-order valence-corrected chi connectivity index (χ4v) is 5.94. The van der Waals surface area contributed by atoms with Gasteiger partial charge in [-0.05, 0) is 19.9 Å². The van der Waals surface area contributed by atoms with E-state index in [2.05, 4.69) is 10.5 Å². The molecule has 0 aromatic heterocycles. The van der Waals surface area contributed by atoms with Crippen molar-refractivity contribution in [1.29, 1.82) is 0 Å². The van der Waals surface area contributed by atoms with Crippen LogP contribution in [0.25, 0.3) is 0 Å². The standard InChI is InChI=1S/C28H33N5O10/c1-10-22(34)14(29)7-17(42-10)43-16-9-28(40,11(2)32-33-27(39)31-30)8-13-19(16)26(38)21-20(24(13)36)23(35)12-5-4-6-15(41-3)18(12)25(21)37/h4-6,10,14,16-17,22,34,36,38,40H,7-9,29-30H2,1-3H3,(H2,31,33,39)/b32-11-/t10-,14+,16+,17-,22-,28-/m0/s1. The number of nitrogens with one attached hydrogen (secondary N) is 2. The van der Waals surface area contributed by atoms with Crippen molar-refractivity contribution in [3.8, 4) is 17.2 Å². The predicted octanol–water partition coefficient (Wildman–Crippen LogP) is -0.0113. The molecule has 0 bridgehead atoms. The summed E-state index contributed by atoms with van der Waals surface area (Å²) in [5, 5.41) is 49.1. The van der Waals surface area contributed by atoms with Gasteiger partial charge in [-0.2, -0.15) is 5.10 Å². The Morgan fingerprint density at radius 2 is 1.86 bits per heavy atom. The summed E-state index contributed by atoms with van der Waals surface area (Å²) in [5.41, 5.74) is 7.02. The largest absolute Gasteiger partial charge is 0.507 e. The first-order valence-electron chi connectivity index (χ1n) is 13.5. The highest BCUT2D eigenvalue weighted by atomic mass is 16.7. The van der Waals surface area contributed by atoms with Gasteiger partial charge in [0.15, 0.2) is 12.1 Å². The van der Waals surface area contributed by atoms with Gasteiger partial charge in [0.25, 0.3) is 0 Å². The van der Waals surface area contributed by atoms with E-state index in [0.717, 1.165) is 0 Å². The van der Waals surface area contributed by atoms with Crippen molar-refractivity contribution in [2.45, 2.75) is 69.4 Å². The minimum atomic E-state index is -1.90. The average Bonchev–Trinajstić information content (AvgIpc) is 2.98. The monoisotopic (exact) mass is 599 g/mol. The molecule has 5 rings (SSSR count). The zero-order valence-corrected chi connectivity index (χ0v) is 23.6. The number of hydrogen-bond donors (Lipinski definition) is 8. The molecule has 1 fully saturated rings. The number of benzene rings is 2. The number of ether oxygens (including phenoxy) is 3. The Morgan fingerprint density at radius 1 is 1.16 bits per heavy atom. The fraction of sp³-hybridized carbons (Fsp3) is 0.429. The number of amides is 2. The number of ketones is 2. The van der Waals surface area contributed by atoms with E-state index in [1.165, 1.54) is 32.2 Å². The molecule has 6 atom stereocenters. The molecule has 1 heterocycles. The maximum atomic E-state index is 13.8. The number of aromatic hydroxyl groups is 2. The number of hydrazine groups is 1. The number of aliphatic hydroxyl groups is 2. The summed E-state index contributed by atoms with van der Waals surface area (Å²) in [4.78, 5) is 39.1. The number of carbonyl (C=O) groups excluding carboxylic acids is 3. The summed E-state index contributed by atoms with van der Waals surface area (Å²) >= 11 is 0. The summed E-state index contributed by atoms with van der Waals surface area (Å²) in [5.74, 6) is 2.46. The molecule has 3 aliphatic rings. The van der Waals surface area contributed by atoms with Crippen molar-refractivity contribution < 1.29 is 49.0 Å². The second-order valence-corrected chi connectivity index (χ2v) is 10.9. The Bertz CT molecular complexity index is 1530. The van der Waals surface area contributed by atoms with Crippen molar-refractivity contribution in [1.82, 2.24) is 10.9 Å². The summed E-state index contributed by atoms with van der Waals surface area (Å²) in [6, 6.07) is 2.84. The van der Waals surface area contributed by atoms with Gasteiger partial charge in [-0.25, -0.2) is 16.1 Å². The molecule has 0 saturated carbocycles. The van der Waals surface area contributed by atoms with Gasteiger partial charge in [0.2, 0.25) is 5.78 Å². The minimum Gasteiger partial charge on any atom is -0.507 e. The number of aliphatic hydroxyl groups excluding tert-OH is 1. The lowest BCUT2D eigenvalue weighted by Crippen LogP contribution is -2.52. The molecule has 0 spiro atoms. The van der Waals surface area contributed by atoms with E-state index in [4.69, 9.17) is 25.8 Å². The molecule has 2 aromatic carbocycles. The number of hydrazone groups is 1. The van der Waals surface area contributed by atoms with Gasteiger partial charge in [0, 0.05) is 42.0 Å². The summed E-state index contributed by atoms with van der Waals surface area (Å²) in [7, 11) is 1.33.